The van der Waals surface area contributed by atoms with E-state index in [1.807, 2.05) is 0 Å². The van der Waals surface area contributed by atoms with Crippen molar-refractivity contribution < 1.29 is 0 Å². The first-order valence-electron chi connectivity index (χ1n) is 7.73. The minimum atomic E-state index is 0.170. The normalized spacial score (nSPS) is 14.3. The maximum atomic E-state index is 6.44. The number of benzene rings is 1. The second-order valence-electron chi connectivity index (χ2n) is 5.56. The predicted molar refractivity (Wildman–Crippen MR) is 92.6 cm³/mol. The molecule has 0 radical (unpaired) electrons. The Morgan fingerprint density at radius 3 is 2.52 bits per heavy atom. The van der Waals surface area contributed by atoms with Gasteiger partial charge in [-0.15, -0.1) is 0 Å². The molecule has 2 N–H and O–H groups in total. The third-order valence-electron chi connectivity index (χ3n) is 4.20. The van der Waals surface area contributed by atoms with Crippen molar-refractivity contribution in [2.45, 2.75) is 45.8 Å². The zero-order valence-electron chi connectivity index (χ0n) is 13.3. The van der Waals surface area contributed by atoms with Crippen LogP contribution in [0.15, 0.2) is 41.1 Å². The van der Waals surface area contributed by atoms with Gasteiger partial charge < -0.3 is 5.73 Å². The number of likely N-dealkylation sites (N-methyl/N-ethyl adjacent to an activating group) is 1. The summed E-state index contributed by atoms with van der Waals surface area (Å²) in [6, 6.07) is 11.3. The third-order valence-corrected chi connectivity index (χ3v) is 4.90. The number of hydrogen-bond acceptors (Lipinski definition) is 3. The smallest absolute Gasteiger partial charge is 0.0510 e. The Morgan fingerprint density at radius 1 is 1.19 bits per heavy atom. The summed E-state index contributed by atoms with van der Waals surface area (Å²) in [5.41, 5.74) is 10.5. The summed E-state index contributed by atoms with van der Waals surface area (Å²) in [4.78, 5) is 2.50. The van der Waals surface area contributed by atoms with Crippen molar-refractivity contribution in [2.75, 3.05) is 6.54 Å². The molecule has 2 nitrogen and oxygen atoms in total. The number of rotatable bonds is 7. The molecule has 21 heavy (non-hydrogen) atoms. The van der Waals surface area contributed by atoms with E-state index in [1.165, 1.54) is 16.7 Å². The van der Waals surface area contributed by atoms with Crippen molar-refractivity contribution in [3.05, 3.63) is 57.8 Å². The van der Waals surface area contributed by atoms with Crippen LogP contribution in [0.2, 0.25) is 0 Å². The van der Waals surface area contributed by atoms with Crippen molar-refractivity contribution >= 4 is 11.3 Å². The fraction of sp³-hybridized carbons (Fsp3) is 0.444. The first-order valence-corrected chi connectivity index (χ1v) is 8.67. The summed E-state index contributed by atoms with van der Waals surface area (Å²) >= 11 is 1.75. The first-order chi connectivity index (χ1) is 10.2. The molecule has 2 aromatic rings. The number of aryl methyl sites for hydroxylation is 1. The van der Waals surface area contributed by atoms with Crippen LogP contribution in [0.1, 0.15) is 43.0 Å². The van der Waals surface area contributed by atoms with Gasteiger partial charge in [-0.1, -0.05) is 38.1 Å². The molecule has 0 aliphatic heterocycles. The molecule has 0 amide bonds. The Morgan fingerprint density at radius 2 is 1.95 bits per heavy atom. The quantitative estimate of drug-likeness (QED) is 0.823. The maximum absolute atomic E-state index is 6.44. The van der Waals surface area contributed by atoms with E-state index in [1.54, 1.807) is 11.3 Å². The van der Waals surface area contributed by atoms with Crippen LogP contribution in [0.25, 0.3) is 0 Å². The standard InChI is InChI=1S/C18H26N2S/c1-4-17(19)18(16-10-11-21-13-16)20(5-2)12-15-9-7-6-8-14(15)3/h6-11,13,17-18H,4-5,12,19H2,1-3H3. The van der Waals surface area contributed by atoms with Gasteiger partial charge in [0.15, 0.2) is 0 Å². The van der Waals surface area contributed by atoms with Crippen molar-refractivity contribution in [1.82, 2.24) is 4.90 Å². The third kappa shape index (κ3) is 3.94. The Balaban J connectivity index is 2.26. The molecule has 1 aromatic carbocycles. The van der Waals surface area contributed by atoms with E-state index in [9.17, 15) is 0 Å². The van der Waals surface area contributed by atoms with Gasteiger partial charge in [0.1, 0.15) is 0 Å². The van der Waals surface area contributed by atoms with Crippen LogP contribution in [0.3, 0.4) is 0 Å². The largest absolute Gasteiger partial charge is 0.326 e. The molecule has 0 aliphatic carbocycles. The molecule has 0 saturated heterocycles. The van der Waals surface area contributed by atoms with Crippen LogP contribution in [0, 0.1) is 6.92 Å². The lowest BCUT2D eigenvalue weighted by Gasteiger charge is -2.34. The monoisotopic (exact) mass is 302 g/mol. The van der Waals surface area contributed by atoms with E-state index in [0.717, 1.165) is 19.5 Å². The molecular weight excluding hydrogens is 276 g/mol. The van der Waals surface area contributed by atoms with Crippen LogP contribution >= 0.6 is 11.3 Å². The number of hydrogen-bond donors (Lipinski definition) is 1. The zero-order valence-corrected chi connectivity index (χ0v) is 14.1. The second-order valence-corrected chi connectivity index (χ2v) is 6.34. The van der Waals surface area contributed by atoms with Gasteiger partial charge in [0.25, 0.3) is 0 Å². The van der Waals surface area contributed by atoms with Gasteiger partial charge in [0.2, 0.25) is 0 Å². The summed E-state index contributed by atoms with van der Waals surface area (Å²) in [6.45, 7) is 8.54. The van der Waals surface area contributed by atoms with Gasteiger partial charge in [0, 0.05) is 12.6 Å². The van der Waals surface area contributed by atoms with Gasteiger partial charge in [-0.05, 0) is 53.4 Å². The van der Waals surface area contributed by atoms with Crippen molar-refractivity contribution in [1.29, 1.82) is 0 Å². The Bertz CT molecular complexity index is 536. The lowest BCUT2D eigenvalue weighted by molar-refractivity contribution is 0.169. The minimum absolute atomic E-state index is 0.170. The SMILES string of the molecule is CCC(N)C(c1ccsc1)N(CC)Cc1ccccc1C. The van der Waals surface area contributed by atoms with Gasteiger partial charge in [-0.3, -0.25) is 4.90 Å². The van der Waals surface area contributed by atoms with E-state index >= 15 is 0 Å². The lowest BCUT2D eigenvalue weighted by atomic mass is 9.97. The van der Waals surface area contributed by atoms with E-state index < -0.39 is 0 Å². The summed E-state index contributed by atoms with van der Waals surface area (Å²) in [7, 11) is 0. The highest BCUT2D eigenvalue weighted by Gasteiger charge is 2.25. The van der Waals surface area contributed by atoms with E-state index in [4.69, 9.17) is 5.73 Å². The zero-order chi connectivity index (χ0) is 15.2. The Hall–Kier alpha value is -1.16. The van der Waals surface area contributed by atoms with Gasteiger partial charge in [-0.2, -0.15) is 11.3 Å². The molecule has 2 rings (SSSR count). The highest BCUT2D eigenvalue weighted by atomic mass is 32.1. The highest BCUT2D eigenvalue weighted by molar-refractivity contribution is 7.07. The Labute approximate surface area is 132 Å². The molecule has 114 valence electrons. The van der Waals surface area contributed by atoms with Crippen LogP contribution in [-0.2, 0) is 6.54 Å². The average molecular weight is 302 g/mol. The molecule has 0 fully saturated rings. The van der Waals surface area contributed by atoms with Crippen molar-refractivity contribution in [2.24, 2.45) is 5.73 Å². The topological polar surface area (TPSA) is 29.3 Å². The predicted octanol–water partition coefficient (Wildman–Crippen LogP) is 4.36. The summed E-state index contributed by atoms with van der Waals surface area (Å²) < 4.78 is 0. The Kier molecular flexibility index (Phi) is 5.97. The molecule has 2 atom stereocenters. The minimum Gasteiger partial charge on any atom is -0.326 e. The average Bonchev–Trinajstić information content (AvgIpc) is 3.02. The van der Waals surface area contributed by atoms with Crippen molar-refractivity contribution in [3.63, 3.8) is 0 Å². The highest BCUT2D eigenvalue weighted by Crippen LogP contribution is 2.28. The molecule has 3 heteroatoms. The van der Waals surface area contributed by atoms with Crippen LogP contribution in [0.4, 0.5) is 0 Å². The first kappa shape index (κ1) is 16.2. The van der Waals surface area contributed by atoms with Gasteiger partial charge >= 0.3 is 0 Å². The number of thiophene rings is 1. The van der Waals surface area contributed by atoms with Gasteiger partial charge in [-0.25, -0.2) is 0 Å². The molecule has 2 unspecified atom stereocenters. The van der Waals surface area contributed by atoms with Gasteiger partial charge in [0.05, 0.1) is 6.04 Å². The molecule has 0 spiro atoms. The number of nitrogens with two attached hydrogens (primary N) is 1. The molecule has 0 saturated carbocycles. The second kappa shape index (κ2) is 7.74. The summed E-state index contributed by atoms with van der Waals surface area (Å²) in [5.74, 6) is 0. The van der Waals surface area contributed by atoms with E-state index in [-0.39, 0.29) is 6.04 Å². The maximum Gasteiger partial charge on any atom is 0.0510 e. The molecule has 0 aliphatic rings. The molecule has 0 bridgehead atoms. The molecule has 1 heterocycles. The lowest BCUT2D eigenvalue weighted by Crippen LogP contribution is -2.40. The van der Waals surface area contributed by atoms with Crippen LogP contribution in [0.5, 0.6) is 0 Å². The summed E-state index contributed by atoms with van der Waals surface area (Å²) in [6.07, 6.45) is 0.991. The molecular formula is C18H26N2S. The van der Waals surface area contributed by atoms with Crippen LogP contribution in [-0.4, -0.2) is 17.5 Å². The van der Waals surface area contributed by atoms with E-state index in [0.29, 0.717) is 6.04 Å². The molecule has 1 aromatic heterocycles. The van der Waals surface area contributed by atoms with E-state index in [2.05, 4.69) is 66.8 Å². The summed E-state index contributed by atoms with van der Waals surface area (Å²) in [5, 5.41) is 4.38. The fourth-order valence-corrected chi connectivity index (χ4v) is 3.50. The fourth-order valence-electron chi connectivity index (χ4n) is 2.81. The number of nitrogens with zero attached hydrogens (tertiary/aromatic N) is 1. The van der Waals surface area contributed by atoms with Crippen LogP contribution < -0.4 is 5.73 Å². The van der Waals surface area contributed by atoms with Crippen molar-refractivity contribution in [3.8, 4) is 0 Å².